The molecule has 1 heterocycles. The number of terminal acetylenes is 1. The minimum atomic E-state index is -0.150. The number of hydrogen-bond acceptors (Lipinski definition) is 5. The number of para-hydroxylation sites is 1. The lowest BCUT2D eigenvalue weighted by molar-refractivity contribution is -0.113. The zero-order valence-electron chi connectivity index (χ0n) is 15.9. The molecule has 0 bridgehead atoms. The van der Waals surface area contributed by atoms with E-state index in [1.165, 1.54) is 16.7 Å². The fraction of sp³-hybridized carbons (Fsp3) is 0.130. The number of carbonyl (C=O) groups is 1. The number of thiocarbonyl (C=S) groups is 1. The molecule has 0 unspecified atom stereocenters. The van der Waals surface area contributed by atoms with E-state index in [1.54, 1.807) is 13.2 Å². The normalized spacial score (nSPS) is 14.8. The first-order valence-electron chi connectivity index (χ1n) is 8.80. The van der Waals surface area contributed by atoms with Gasteiger partial charge in [-0.2, -0.15) is 0 Å². The van der Waals surface area contributed by atoms with E-state index in [-0.39, 0.29) is 12.5 Å². The maximum absolute atomic E-state index is 12.9. The van der Waals surface area contributed by atoms with Gasteiger partial charge in [0.25, 0.3) is 5.91 Å². The summed E-state index contributed by atoms with van der Waals surface area (Å²) in [5, 5.41) is 0. The van der Waals surface area contributed by atoms with Gasteiger partial charge >= 0.3 is 0 Å². The molecule has 1 aliphatic heterocycles. The second kappa shape index (κ2) is 9.46. The van der Waals surface area contributed by atoms with Gasteiger partial charge in [-0.1, -0.05) is 54.2 Å². The van der Waals surface area contributed by atoms with E-state index >= 15 is 0 Å². The Hall–Kier alpha value is -3.01. The molecular weight excluding hydrogens is 402 g/mol. The van der Waals surface area contributed by atoms with Crippen LogP contribution in [0.5, 0.6) is 11.5 Å². The number of nitrogens with zero attached hydrogens (tertiary/aromatic N) is 1. The average Bonchev–Trinajstić information content (AvgIpc) is 3.00. The van der Waals surface area contributed by atoms with Crippen molar-refractivity contribution < 1.29 is 14.3 Å². The van der Waals surface area contributed by atoms with E-state index in [0.717, 1.165) is 16.8 Å². The molecule has 1 fully saturated rings. The van der Waals surface area contributed by atoms with E-state index < -0.39 is 0 Å². The second-order valence-corrected chi connectivity index (χ2v) is 7.73. The van der Waals surface area contributed by atoms with Gasteiger partial charge in [-0.05, 0) is 42.3 Å². The topological polar surface area (TPSA) is 38.8 Å². The van der Waals surface area contributed by atoms with Crippen LogP contribution < -0.4 is 14.4 Å². The number of benzene rings is 2. The summed E-state index contributed by atoms with van der Waals surface area (Å²) in [6, 6.07) is 13.1. The number of carbonyl (C=O) groups excluding carboxylic acids is 1. The highest BCUT2D eigenvalue weighted by atomic mass is 32.2. The summed E-state index contributed by atoms with van der Waals surface area (Å²) in [6.07, 6.45) is 9.47. The lowest BCUT2D eigenvalue weighted by Gasteiger charge is -2.15. The Balaban J connectivity index is 1.98. The zero-order chi connectivity index (χ0) is 20.8. The Morgan fingerprint density at radius 3 is 2.72 bits per heavy atom. The quantitative estimate of drug-likeness (QED) is 0.277. The highest BCUT2D eigenvalue weighted by Gasteiger charge is 2.33. The monoisotopic (exact) mass is 421 g/mol. The molecular formula is C23H19NO3S2. The van der Waals surface area contributed by atoms with Crippen molar-refractivity contribution in [3.8, 4) is 23.8 Å². The fourth-order valence-electron chi connectivity index (χ4n) is 2.92. The lowest BCUT2D eigenvalue weighted by atomic mass is 10.0. The Labute approximate surface area is 180 Å². The number of methoxy groups -OCH3 is 1. The van der Waals surface area contributed by atoms with Crippen LogP contribution in [0.2, 0.25) is 0 Å². The van der Waals surface area contributed by atoms with Gasteiger partial charge in [-0.15, -0.1) is 13.0 Å². The number of anilines is 1. The number of allylic oxidation sites excluding steroid dienone is 1. The van der Waals surface area contributed by atoms with Crippen molar-refractivity contribution in [1.29, 1.82) is 0 Å². The Kier molecular flexibility index (Phi) is 6.76. The average molecular weight is 422 g/mol. The van der Waals surface area contributed by atoms with Gasteiger partial charge in [0.1, 0.15) is 6.61 Å². The maximum atomic E-state index is 12.9. The molecule has 0 aliphatic carbocycles. The SMILES string of the molecule is C#CCOc1c(CC=C)cc(/C=C2/SC(=S)N(c3ccccc3)C2=O)cc1OC. The van der Waals surface area contributed by atoms with E-state index in [0.29, 0.717) is 27.1 Å². The predicted molar refractivity (Wildman–Crippen MR) is 123 cm³/mol. The molecule has 1 saturated heterocycles. The Morgan fingerprint density at radius 2 is 2.07 bits per heavy atom. The zero-order valence-corrected chi connectivity index (χ0v) is 17.5. The van der Waals surface area contributed by atoms with Crippen LogP contribution in [0.25, 0.3) is 6.08 Å². The number of amides is 1. The molecule has 29 heavy (non-hydrogen) atoms. The van der Waals surface area contributed by atoms with Crippen molar-refractivity contribution >= 4 is 46.0 Å². The number of ether oxygens (including phenoxy) is 2. The molecule has 4 nitrogen and oxygen atoms in total. The summed E-state index contributed by atoms with van der Waals surface area (Å²) in [7, 11) is 1.56. The van der Waals surface area contributed by atoms with E-state index in [9.17, 15) is 4.79 Å². The highest BCUT2D eigenvalue weighted by Crippen LogP contribution is 2.38. The second-order valence-electron chi connectivity index (χ2n) is 6.05. The first-order valence-corrected chi connectivity index (χ1v) is 10.0. The fourth-order valence-corrected chi connectivity index (χ4v) is 4.22. The summed E-state index contributed by atoms with van der Waals surface area (Å²) >= 11 is 6.70. The molecule has 0 saturated carbocycles. The van der Waals surface area contributed by atoms with Crippen molar-refractivity contribution in [3.05, 3.63) is 71.2 Å². The van der Waals surface area contributed by atoms with Gasteiger partial charge < -0.3 is 9.47 Å². The van der Waals surface area contributed by atoms with E-state index in [1.807, 2.05) is 48.5 Å². The molecule has 2 aromatic rings. The van der Waals surface area contributed by atoms with Crippen molar-refractivity contribution in [1.82, 2.24) is 0 Å². The van der Waals surface area contributed by atoms with E-state index in [2.05, 4.69) is 12.5 Å². The van der Waals surface area contributed by atoms with Crippen LogP contribution in [0.15, 0.2) is 60.0 Å². The number of thioether (sulfide) groups is 1. The molecule has 0 atom stereocenters. The molecule has 1 amide bonds. The summed E-state index contributed by atoms with van der Waals surface area (Å²) in [4.78, 5) is 15.0. The van der Waals surface area contributed by atoms with Gasteiger partial charge in [-0.3, -0.25) is 9.69 Å². The lowest BCUT2D eigenvalue weighted by Crippen LogP contribution is -2.27. The van der Waals surface area contributed by atoms with Gasteiger partial charge in [0, 0.05) is 5.56 Å². The predicted octanol–water partition coefficient (Wildman–Crippen LogP) is 4.84. The van der Waals surface area contributed by atoms with Crippen LogP contribution in [0.1, 0.15) is 11.1 Å². The third-order valence-corrected chi connectivity index (χ3v) is 5.45. The van der Waals surface area contributed by atoms with Gasteiger partial charge in [0.2, 0.25) is 0 Å². The van der Waals surface area contributed by atoms with Crippen molar-refractivity contribution in [2.24, 2.45) is 0 Å². The number of rotatable bonds is 7. The van der Waals surface area contributed by atoms with Crippen LogP contribution in [0, 0.1) is 12.3 Å². The van der Waals surface area contributed by atoms with Gasteiger partial charge in [-0.25, -0.2) is 0 Å². The molecule has 0 N–H and O–H groups in total. The van der Waals surface area contributed by atoms with Crippen molar-refractivity contribution in [2.75, 3.05) is 18.6 Å². The minimum absolute atomic E-state index is 0.135. The highest BCUT2D eigenvalue weighted by molar-refractivity contribution is 8.27. The first kappa shape index (κ1) is 20.7. The van der Waals surface area contributed by atoms with Crippen LogP contribution in [0.3, 0.4) is 0 Å². The van der Waals surface area contributed by atoms with Crippen LogP contribution in [0.4, 0.5) is 5.69 Å². The number of hydrogen-bond donors (Lipinski definition) is 0. The standard InChI is InChI=1S/C23H19NO3S2/c1-4-9-17-13-16(14-19(26-3)21(17)27-12-5-2)15-20-22(25)24(23(28)29-20)18-10-7-6-8-11-18/h2,4,6-8,10-11,13-15H,1,9,12H2,3H3/b20-15+. The summed E-state index contributed by atoms with van der Waals surface area (Å²) in [5.41, 5.74) is 2.43. The Bertz CT molecular complexity index is 1020. The molecule has 3 rings (SSSR count). The minimum Gasteiger partial charge on any atom is -0.493 e. The largest absolute Gasteiger partial charge is 0.493 e. The summed E-state index contributed by atoms with van der Waals surface area (Å²) < 4.78 is 11.7. The third kappa shape index (κ3) is 4.53. The maximum Gasteiger partial charge on any atom is 0.270 e. The van der Waals surface area contributed by atoms with Crippen molar-refractivity contribution in [2.45, 2.75) is 6.42 Å². The summed E-state index contributed by atoms with van der Waals surface area (Å²) in [5.74, 6) is 3.44. The van der Waals surface area contributed by atoms with Crippen LogP contribution in [-0.2, 0) is 11.2 Å². The van der Waals surface area contributed by atoms with Crippen molar-refractivity contribution in [3.63, 3.8) is 0 Å². The van der Waals surface area contributed by atoms with Gasteiger partial charge in [0.15, 0.2) is 15.8 Å². The van der Waals surface area contributed by atoms with Gasteiger partial charge in [0.05, 0.1) is 17.7 Å². The van der Waals surface area contributed by atoms with Crippen LogP contribution >= 0.6 is 24.0 Å². The smallest absolute Gasteiger partial charge is 0.270 e. The molecule has 1 aliphatic rings. The molecule has 0 aromatic heterocycles. The van der Waals surface area contributed by atoms with E-state index in [4.69, 9.17) is 28.1 Å². The first-order chi connectivity index (χ1) is 14.1. The molecule has 0 spiro atoms. The summed E-state index contributed by atoms with van der Waals surface area (Å²) in [6.45, 7) is 3.93. The van der Waals surface area contributed by atoms with Crippen LogP contribution in [-0.4, -0.2) is 23.9 Å². The molecule has 0 radical (unpaired) electrons. The molecule has 2 aromatic carbocycles. The third-order valence-electron chi connectivity index (χ3n) is 4.14. The molecule has 6 heteroatoms. The Morgan fingerprint density at radius 1 is 1.31 bits per heavy atom. The molecule has 146 valence electrons.